The number of likely N-dealkylation sites (N-methyl/N-ethyl adjacent to an activating group) is 1. The zero-order valence-corrected chi connectivity index (χ0v) is 11.0. The monoisotopic (exact) mass is 277 g/mol. The summed E-state index contributed by atoms with van der Waals surface area (Å²) in [5.41, 5.74) is 0.666. The number of hydrogen-bond donors (Lipinski definition) is 2. The van der Waals surface area contributed by atoms with Crippen molar-refractivity contribution in [1.82, 2.24) is 4.90 Å². The molecule has 0 fully saturated rings. The molecule has 0 heterocycles. The number of halogens is 2. The number of carbonyl (C=O) groups is 1. The molecule has 0 aliphatic rings. The fourth-order valence-corrected chi connectivity index (χ4v) is 1.98. The lowest BCUT2D eigenvalue weighted by Crippen LogP contribution is -2.37. The number of rotatable bonds is 4. The number of phenols is 1. The van der Waals surface area contributed by atoms with Crippen molar-refractivity contribution in [1.29, 1.82) is 0 Å². The third-order valence-electron chi connectivity index (χ3n) is 2.41. The molecular formula is C11H13Cl2NO3. The molecule has 6 heteroatoms. The van der Waals surface area contributed by atoms with E-state index >= 15 is 0 Å². The summed E-state index contributed by atoms with van der Waals surface area (Å²) in [6, 6.07) is 2.37. The molecule has 0 bridgehead atoms. The van der Waals surface area contributed by atoms with Gasteiger partial charge in [0, 0.05) is 0 Å². The molecule has 0 amide bonds. The van der Waals surface area contributed by atoms with Crippen molar-refractivity contribution in [3.05, 3.63) is 27.7 Å². The van der Waals surface area contributed by atoms with E-state index < -0.39 is 12.0 Å². The van der Waals surface area contributed by atoms with E-state index in [-0.39, 0.29) is 22.2 Å². The van der Waals surface area contributed by atoms with Crippen molar-refractivity contribution >= 4 is 29.2 Å². The smallest absolute Gasteiger partial charge is 0.321 e. The maximum absolute atomic E-state index is 11.0. The van der Waals surface area contributed by atoms with Crippen LogP contribution < -0.4 is 0 Å². The molecule has 4 nitrogen and oxygen atoms in total. The van der Waals surface area contributed by atoms with Gasteiger partial charge < -0.3 is 10.2 Å². The number of benzene rings is 1. The number of nitrogens with zero attached hydrogens (tertiary/aromatic N) is 1. The molecule has 17 heavy (non-hydrogen) atoms. The standard InChI is InChI=1S/C11H13Cl2NO3/c1-14(2)9(11(16)17)5-6-3-7(12)10(15)8(13)4-6/h3-4,9,15H,5H2,1-2H3,(H,16,17)/t9-/m0/s1. The Morgan fingerprint density at radius 3 is 2.18 bits per heavy atom. The van der Waals surface area contributed by atoms with E-state index in [1.807, 2.05) is 0 Å². The second kappa shape index (κ2) is 5.58. The van der Waals surface area contributed by atoms with Crippen LogP contribution in [-0.2, 0) is 11.2 Å². The summed E-state index contributed by atoms with van der Waals surface area (Å²) in [6.45, 7) is 0. The lowest BCUT2D eigenvalue weighted by molar-refractivity contribution is -0.142. The van der Waals surface area contributed by atoms with Crippen LogP contribution in [-0.4, -0.2) is 41.2 Å². The third kappa shape index (κ3) is 3.49. The Morgan fingerprint density at radius 1 is 1.35 bits per heavy atom. The van der Waals surface area contributed by atoms with Gasteiger partial charge in [-0.25, -0.2) is 0 Å². The van der Waals surface area contributed by atoms with Crippen LogP contribution in [0.5, 0.6) is 5.75 Å². The molecule has 94 valence electrons. The molecule has 1 atom stereocenters. The van der Waals surface area contributed by atoms with Crippen molar-refractivity contribution in [2.24, 2.45) is 0 Å². The predicted octanol–water partition coefficient (Wildman–Crippen LogP) is 2.26. The lowest BCUT2D eigenvalue weighted by atomic mass is 10.1. The first-order valence-electron chi connectivity index (χ1n) is 4.89. The highest BCUT2D eigenvalue weighted by atomic mass is 35.5. The molecule has 1 rings (SSSR count). The van der Waals surface area contributed by atoms with E-state index in [0.717, 1.165) is 0 Å². The highest BCUT2D eigenvalue weighted by Crippen LogP contribution is 2.33. The van der Waals surface area contributed by atoms with Gasteiger partial charge in [-0.05, 0) is 38.2 Å². The quantitative estimate of drug-likeness (QED) is 0.886. The van der Waals surface area contributed by atoms with Crippen molar-refractivity contribution in [3.8, 4) is 5.75 Å². The van der Waals surface area contributed by atoms with Crippen LogP contribution in [0.1, 0.15) is 5.56 Å². The third-order valence-corrected chi connectivity index (χ3v) is 2.99. The Morgan fingerprint density at radius 2 is 1.82 bits per heavy atom. The van der Waals surface area contributed by atoms with Gasteiger partial charge in [-0.3, -0.25) is 9.69 Å². The van der Waals surface area contributed by atoms with Gasteiger partial charge in [-0.15, -0.1) is 0 Å². The molecule has 0 aromatic heterocycles. The van der Waals surface area contributed by atoms with Gasteiger partial charge in [-0.2, -0.15) is 0 Å². The number of aromatic hydroxyl groups is 1. The van der Waals surface area contributed by atoms with Gasteiger partial charge in [0.05, 0.1) is 10.0 Å². The summed E-state index contributed by atoms with van der Waals surface area (Å²) >= 11 is 11.5. The minimum absolute atomic E-state index is 0.121. The first kappa shape index (κ1) is 14.1. The van der Waals surface area contributed by atoms with Gasteiger partial charge in [-0.1, -0.05) is 23.2 Å². The summed E-state index contributed by atoms with van der Waals surface area (Å²) < 4.78 is 0. The SMILES string of the molecule is CN(C)[C@@H](Cc1cc(Cl)c(O)c(Cl)c1)C(=O)O. The molecule has 0 unspecified atom stereocenters. The normalized spacial score (nSPS) is 12.8. The fraction of sp³-hybridized carbons (Fsp3) is 0.364. The molecule has 0 saturated carbocycles. The van der Waals surface area contributed by atoms with Crippen LogP contribution in [0.2, 0.25) is 10.0 Å². The Hall–Kier alpha value is -0.970. The summed E-state index contributed by atoms with van der Waals surface area (Å²) in [4.78, 5) is 12.6. The number of hydrogen-bond acceptors (Lipinski definition) is 3. The molecule has 1 aromatic rings. The molecule has 2 N–H and O–H groups in total. The maximum Gasteiger partial charge on any atom is 0.321 e. The van der Waals surface area contributed by atoms with E-state index in [2.05, 4.69) is 0 Å². The van der Waals surface area contributed by atoms with Crippen molar-refractivity contribution in [2.75, 3.05) is 14.1 Å². The highest BCUT2D eigenvalue weighted by Gasteiger charge is 2.21. The zero-order valence-electron chi connectivity index (χ0n) is 9.44. The van der Waals surface area contributed by atoms with Crippen LogP contribution in [0, 0.1) is 0 Å². The van der Waals surface area contributed by atoms with Crippen LogP contribution in [0.25, 0.3) is 0 Å². The molecule has 0 aliphatic carbocycles. The van der Waals surface area contributed by atoms with Gasteiger partial charge in [0.25, 0.3) is 0 Å². The van der Waals surface area contributed by atoms with Gasteiger partial charge in [0.2, 0.25) is 0 Å². The van der Waals surface area contributed by atoms with Crippen LogP contribution in [0.4, 0.5) is 0 Å². The van der Waals surface area contributed by atoms with Crippen LogP contribution in [0.3, 0.4) is 0 Å². The Labute approximate surface area is 109 Å². The summed E-state index contributed by atoms with van der Waals surface area (Å²) in [5, 5.41) is 18.7. The summed E-state index contributed by atoms with van der Waals surface area (Å²) in [5.74, 6) is -1.11. The molecule has 1 aromatic carbocycles. The predicted molar refractivity (Wildman–Crippen MR) is 66.9 cm³/mol. The number of phenolic OH excluding ortho intramolecular Hbond substituents is 1. The molecule has 0 saturated heterocycles. The van der Waals surface area contributed by atoms with E-state index in [9.17, 15) is 9.90 Å². The second-order valence-corrected chi connectivity index (χ2v) is 4.74. The second-order valence-electron chi connectivity index (χ2n) is 3.93. The Kier molecular flexibility index (Phi) is 4.62. The Balaban J connectivity index is 2.98. The number of carboxylic acid groups (broad SMARTS) is 1. The first-order valence-corrected chi connectivity index (χ1v) is 5.64. The first-order chi connectivity index (χ1) is 7.82. The molecular weight excluding hydrogens is 265 g/mol. The van der Waals surface area contributed by atoms with Crippen molar-refractivity contribution in [3.63, 3.8) is 0 Å². The summed E-state index contributed by atoms with van der Waals surface area (Å²) in [6.07, 6.45) is 0.266. The van der Waals surface area contributed by atoms with Gasteiger partial charge >= 0.3 is 5.97 Å². The van der Waals surface area contributed by atoms with E-state index in [1.54, 1.807) is 19.0 Å². The highest BCUT2D eigenvalue weighted by molar-refractivity contribution is 6.37. The van der Waals surface area contributed by atoms with Crippen molar-refractivity contribution < 1.29 is 15.0 Å². The van der Waals surface area contributed by atoms with Crippen molar-refractivity contribution in [2.45, 2.75) is 12.5 Å². The largest absolute Gasteiger partial charge is 0.505 e. The minimum atomic E-state index is -0.921. The molecule has 0 radical (unpaired) electrons. The number of aliphatic carboxylic acids is 1. The fourth-order valence-electron chi connectivity index (χ4n) is 1.45. The van der Waals surface area contributed by atoms with Gasteiger partial charge in [0.1, 0.15) is 6.04 Å². The number of carboxylic acids is 1. The average Bonchev–Trinajstić information content (AvgIpc) is 2.21. The average molecular weight is 278 g/mol. The zero-order chi connectivity index (χ0) is 13.2. The topological polar surface area (TPSA) is 60.8 Å². The Bertz CT molecular complexity index is 412. The van der Waals surface area contributed by atoms with Crippen LogP contribution >= 0.6 is 23.2 Å². The van der Waals surface area contributed by atoms with E-state index in [4.69, 9.17) is 28.3 Å². The maximum atomic E-state index is 11.0. The minimum Gasteiger partial charge on any atom is -0.505 e. The molecule has 0 aliphatic heterocycles. The summed E-state index contributed by atoms with van der Waals surface area (Å²) in [7, 11) is 3.37. The van der Waals surface area contributed by atoms with Gasteiger partial charge in [0.15, 0.2) is 5.75 Å². The van der Waals surface area contributed by atoms with E-state index in [0.29, 0.717) is 5.56 Å². The van der Waals surface area contributed by atoms with E-state index in [1.165, 1.54) is 12.1 Å². The lowest BCUT2D eigenvalue weighted by Gasteiger charge is -2.20. The molecule has 0 spiro atoms. The van der Waals surface area contributed by atoms with Crippen LogP contribution in [0.15, 0.2) is 12.1 Å².